The van der Waals surface area contributed by atoms with Crippen LogP contribution >= 0.6 is 0 Å². The first-order chi connectivity index (χ1) is 16.5. The summed E-state index contributed by atoms with van der Waals surface area (Å²) in [6, 6.07) is 7.81. The molecular formula is C27H39N3O4. The van der Waals surface area contributed by atoms with E-state index in [9.17, 15) is 9.59 Å². The minimum absolute atomic E-state index is 0.135. The first-order valence-corrected chi connectivity index (χ1v) is 12.5. The molecule has 0 spiro atoms. The molecule has 7 nitrogen and oxygen atoms in total. The normalized spacial score (nSPS) is 18.9. The number of allylic oxidation sites excluding steroid dienone is 3. The van der Waals surface area contributed by atoms with E-state index in [1.54, 1.807) is 0 Å². The second kappa shape index (κ2) is 13.1. The van der Waals surface area contributed by atoms with E-state index in [2.05, 4.69) is 35.9 Å². The molecule has 0 heterocycles. The fourth-order valence-corrected chi connectivity index (χ4v) is 4.22. The highest BCUT2D eigenvalue weighted by atomic mass is 16.5. The second-order valence-electron chi connectivity index (χ2n) is 9.59. The predicted octanol–water partition coefficient (Wildman–Crippen LogP) is 4.81. The topological polar surface area (TPSA) is 88.7 Å². The van der Waals surface area contributed by atoms with Crippen LogP contribution in [-0.2, 0) is 9.53 Å². The molecule has 0 bridgehead atoms. The van der Waals surface area contributed by atoms with Crippen LogP contribution in [0.4, 0.5) is 10.5 Å². The van der Waals surface area contributed by atoms with E-state index in [4.69, 9.17) is 9.47 Å². The molecule has 1 aromatic rings. The van der Waals surface area contributed by atoms with Crippen molar-refractivity contribution in [3.8, 4) is 5.75 Å². The molecule has 2 aliphatic rings. The van der Waals surface area contributed by atoms with E-state index in [0.717, 1.165) is 37.1 Å². The van der Waals surface area contributed by atoms with Crippen molar-refractivity contribution in [2.45, 2.75) is 57.9 Å². The van der Waals surface area contributed by atoms with Gasteiger partial charge in [-0.15, -0.1) is 0 Å². The lowest BCUT2D eigenvalue weighted by Crippen LogP contribution is -2.60. The Bertz CT molecular complexity index is 842. The largest absolute Gasteiger partial charge is 0.493 e. The number of anilines is 1. The second-order valence-corrected chi connectivity index (χ2v) is 9.59. The molecule has 186 valence electrons. The highest BCUT2D eigenvalue weighted by Gasteiger charge is 2.41. The number of ether oxygens (including phenoxy) is 2. The standard InChI is InChI=1S/C27H39N3O4/c1-21(2)19-33-24-13-11-23(12-14-24)28-17-18-29-25(31)27(15-7-4-8-16-27)30-26(32)34-20-22-9-5-3-6-10-22/h3,5-6,9,11-14,21-22,28H,4,7-8,10,15-20H2,1-2H3,(H,29,31)(H,30,32). The number of nitrogens with one attached hydrogen (secondary N) is 3. The van der Waals surface area contributed by atoms with Crippen molar-refractivity contribution in [1.29, 1.82) is 0 Å². The Kier molecular flexibility index (Phi) is 9.86. The number of amides is 2. The van der Waals surface area contributed by atoms with E-state index in [0.29, 0.717) is 45.1 Å². The van der Waals surface area contributed by atoms with Crippen molar-refractivity contribution in [3.63, 3.8) is 0 Å². The molecule has 2 aliphatic carbocycles. The van der Waals surface area contributed by atoms with Gasteiger partial charge in [-0.3, -0.25) is 4.79 Å². The van der Waals surface area contributed by atoms with Gasteiger partial charge in [0.05, 0.1) is 13.2 Å². The van der Waals surface area contributed by atoms with Gasteiger partial charge < -0.3 is 25.4 Å². The summed E-state index contributed by atoms with van der Waals surface area (Å²) < 4.78 is 11.2. The van der Waals surface area contributed by atoms with Crippen LogP contribution in [0.2, 0.25) is 0 Å². The van der Waals surface area contributed by atoms with E-state index in [1.807, 2.05) is 42.5 Å². The van der Waals surface area contributed by atoms with E-state index < -0.39 is 11.6 Å². The highest BCUT2D eigenvalue weighted by Crippen LogP contribution is 2.29. The maximum Gasteiger partial charge on any atom is 0.408 e. The van der Waals surface area contributed by atoms with E-state index >= 15 is 0 Å². The SMILES string of the molecule is CC(C)COc1ccc(NCCNC(=O)C2(NC(=O)OCC3C=CC=CC3)CCCCC2)cc1. The monoisotopic (exact) mass is 469 g/mol. The van der Waals surface area contributed by atoms with Gasteiger partial charge in [0.1, 0.15) is 11.3 Å². The molecule has 1 unspecified atom stereocenters. The molecule has 7 heteroatoms. The molecule has 1 fully saturated rings. The van der Waals surface area contributed by atoms with Gasteiger partial charge in [0.15, 0.2) is 0 Å². The summed E-state index contributed by atoms with van der Waals surface area (Å²) in [5, 5.41) is 9.22. The van der Waals surface area contributed by atoms with Gasteiger partial charge in [-0.05, 0) is 49.4 Å². The third-order valence-electron chi connectivity index (χ3n) is 6.16. The number of alkyl carbamates (subject to hydrolysis) is 1. The van der Waals surface area contributed by atoms with Crippen molar-refractivity contribution in [1.82, 2.24) is 10.6 Å². The van der Waals surface area contributed by atoms with Crippen molar-refractivity contribution in [2.24, 2.45) is 11.8 Å². The van der Waals surface area contributed by atoms with Crippen LogP contribution < -0.4 is 20.7 Å². The van der Waals surface area contributed by atoms with Crippen LogP contribution in [0.15, 0.2) is 48.6 Å². The maximum absolute atomic E-state index is 13.1. The van der Waals surface area contributed by atoms with Crippen LogP contribution in [0.1, 0.15) is 52.4 Å². The van der Waals surface area contributed by atoms with Gasteiger partial charge in [0.25, 0.3) is 0 Å². The fourth-order valence-electron chi connectivity index (χ4n) is 4.22. The third kappa shape index (κ3) is 8.12. The minimum Gasteiger partial charge on any atom is -0.493 e. The molecule has 0 aromatic heterocycles. The van der Waals surface area contributed by atoms with Crippen molar-refractivity contribution >= 4 is 17.7 Å². The Morgan fingerprint density at radius 3 is 2.50 bits per heavy atom. The summed E-state index contributed by atoms with van der Waals surface area (Å²) in [6.07, 6.45) is 12.5. The number of hydrogen-bond acceptors (Lipinski definition) is 5. The van der Waals surface area contributed by atoms with Gasteiger partial charge in [0.2, 0.25) is 5.91 Å². The lowest BCUT2D eigenvalue weighted by molar-refractivity contribution is -0.128. The maximum atomic E-state index is 13.1. The molecule has 2 amide bonds. The lowest BCUT2D eigenvalue weighted by atomic mass is 9.81. The number of hydrogen-bond donors (Lipinski definition) is 3. The first-order valence-electron chi connectivity index (χ1n) is 12.5. The van der Waals surface area contributed by atoms with Crippen LogP contribution in [0, 0.1) is 11.8 Å². The van der Waals surface area contributed by atoms with Crippen LogP contribution in [0.25, 0.3) is 0 Å². The van der Waals surface area contributed by atoms with Crippen molar-refractivity contribution < 1.29 is 19.1 Å². The third-order valence-corrected chi connectivity index (χ3v) is 6.16. The average Bonchev–Trinajstić information content (AvgIpc) is 2.86. The summed E-state index contributed by atoms with van der Waals surface area (Å²) in [6.45, 7) is 6.29. The zero-order valence-electron chi connectivity index (χ0n) is 20.5. The summed E-state index contributed by atoms with van der Waals surface area (Å²) in [4.78, 5) is 25.6. The van der Waals surface area contributed by atoms with Gasteiger partial charge in [-0.25, -0.2) is 4.79 Å². The lowest BCUT2D eigenvalue weighted by Gasteiger charge is -2.36. The number of carbonyl (C=O) groups excluding carboxylic acids is 2. The molecule has 34 heavy (non-hydrogen) atoms. The summed E-state index contributed by atoms with van der Waals surface area (Å²) in [5.41, 5.74) is 0.0689. The predicted molar refractivity (Wildman–Crippen MR) is 135 cm³/mol. The number of benzene rings is 1. The van der Waals surface area contributed by atoms with Crippen LogP contribution in [-0.4, -0.2) is 43.8 Å². The van der Waals surface area contributed by atoms with Crippen molar-refractivity contribution in [3.05, 3.63) is 48.6 Å². The Morgan fingerprint density at radius 2 is 1.82 bits per heavy atom. The van der Waals surface area contributed by atoms with Gasteiger partial charge >= 0.3 is 6.09 Å². The molecule has 0 saturated heterocycles. The summed E-state index contributed by atoms with van der Waals surface area (Å²) in [7, 11) is 0. The molecule has 1 saturated carbocycles. The molecular weight excluding hydrogens is 430 g/mol. The minimum atomic E-state index is -0.896. The van der Waals surface area contributed by atoms with Gasteiger partial charge in [-0.2, -0.15) is 0 Å². The molecule has 1 atom stereocenters. The molecule has 1 aromatic carbocycles. The first kappa shape index (κ1) is 25.7. The zero-order valence-corrected chi connectivity index (χ0v) is 20.5. The van der Waals surface area contributed by atoms with E-state index in [1.165, 1.54) is 0 Å². The quantitative estimate of drug-likeness (QED) is 0.405. The smallest absolute Gasteiger partial charge is 0.408 e. The molecule has 3 rings (SSSR count). The molecule has 0 aliphatic heterocycles. The van der Waals surface area contributed by atoms with Crippen LogP contribution in [0.5, 0.6) is 5.75 Å². The average molecular weight is 470 g/mol. The molecule has 3 N–H and O–H groups in total. The number of rotatable bonds is 11. The Hall–Kier alpha value is -2.96. The fraction of sp³-hybridized carbons (Fsp3) is 0.556. The Morgan fingerprint density at radius 1 is 1.06 bits per heavy atom. The summed E-state index contributed by atoms with van der Waals surface area (Å²) in [5.74, 6) is 1.38. The molecule has 0 radical (unpaired) electrons. The zero-order chi connectivity index (χ0) is 24.2. The van der Waals surface area contributed by atoms with Crippen LogP contribution in [0.3, 0.4) is 0 Å². The van der Waals surface area contributed by atoms with Crippen molar-refractivity contribution in [2.75, 3.05) is 31.6 Å². The van der Waals surface area contributed by atoms with Gasteiger partial charge in [0, 0.05) is 24.7 Å². The summed E-state index contributed by atoms with van der Waals surface area (Å²) >= 11 is 0. The van der Waals surface area contributed by atoms with E-state index in [-0.39, 0.29) is 11.8 Å². The number of carbonyl (C=O) groups is 2. The van der Waals surface area contributed by atoms with Gasteiger partial charge in [-0.1, -0.05) is 57.4 Å². The highest BCUT2D eigenvalue weighted by molar-refractivity contribution is 5.90. The Labute approximate surface area is 203 Å². The Balaban J connectivity index is 1.43.